The van der Waals surface area contributed by atoms with E-state index in [1.54, 1.807) is 20.2 Å². The Labute approximate surface area is 202 Å². The van der Waals surface area contributed by atoms with Gasteiger partial charge in [-0.25, -0.2) is 0 Å². The molecule has 7 nitrogen and oxygen atoms in total. The highest BCUT2D eigenvalue weighted by atomic mass is 35.5. The van der Waals surface area contributed by atoms with E-state index in [2.05, 4.69) is 22.0 Å². The van der Waals surface area contributed by atoms with Gasteiger partial charge in [-0.05, 0) is 49.9 Å². The second kappa shape index (κ2) is 11.3. The van der Waals surface area contributed by atoms with Crippen molar-refractivity contribution in [3.8, 4) is 0 Å². The molecule has 1 atom stereocenters. The lowest BCUT2D eigenvalue weighted by Crippen LogP contribution is -2.54. The molecule has 1 aliphatic heterocycles. The van der Waals surface area contributed by atoms with E-state index < -0.39 is 0 Å². The molecule has 1 aromatic carbocycles. The normalized spacial score (nSPS) is 19.5. The Bertz CT molecular complexity index is 883. The molecule has 0 radical (unpaired) electrons. The van der Waals surface area contributed by atoms with Crippen LogP contribution in [0.2, 0.25) is 5.02 Å². The lowest BCUT2D eigenvalue weighted by atomic mass is 10.0. The lowest BCUT2D eigenvalue weighted by molar-refractivity contribution is -0.140. The predicted octanol–water partition coefficient (Wildman–Crippen LogP) is 3.68. The molecule has 2 aliphatic rings. The van der Waals surface area contributed by atoms with Crippen LogP contribution in [0.3, 0.4) is 0 Å². The van der Waals surface area contributed by atoms with Crippen LogP contribution >= 0.6 is 11.6 Å². The Morgan fingerprint density at radius 3 is 2.45 bits per heavy atom. The van der Waals surface area contributed by atoms with Crippen molar-refractivity contribution < 1.29 is 14.4 Å². The number of anilines is 1. The molecule has 33 heavy (non-hydrogen) atoms. The average Bonchev–Trinajstić information content (AvgIpc) is 3.30. The van der Waals surface area contributed by atoms with E-state index in [9.17, 15) is 14.4 Å². The summed E-state index contributed by atoms with van der Waals surface area (Å²) in [6.45, 7) is 7.21. The number of piperazine rings is 1. The molecule has 1 aliphatic carbocycles. The number of benzene rings is 1. The zero-order valence-corrected chi connectivity index (χ0v) is 21.1. The molecule has 1 saturated carbocycles. The van der Waals surface area contributed by atoms with Crippen molar-refractivity contribution in [2.45, 2.75) is 65.0 Å². The number of halogens is 1. The van der Waals surface area contributed by atoms with Crippen LogP contribution in [-0.4, -0.2) is 72.2 Å². The van der Waals surface area contributed by atoms with Crippen LogP contribution in [0, 0.1) is 12.8 Å². The summed E-state index contributed by atoms with van der Waals surface area (Å²) in [4.78, 5) is 42.9. The van der Waals surface area contributed by atoms with E-state index in [4.69, 9.17) is 11.6 Å². The van der Waals surface area contributed by atoms with Gasteiger partial charge in [0.2, 0.25) is 17.7 Å². The number of nitrogens with zero attached hydrogens (tertiary/aromatic N) is 3. The van der Waals surface area contributed by atoms with Gasteiger partial charge in [0.05, 0.1) is 0 Å². The maximum Gasteiger partial charge on any atom is 0.226 e. The number of nitrogens with one attached hydrogen (secondary N) is 1. The van der Waals surface area contributed by atoms with E-state index in [1.165, 1.54) is 17.7 Å². The minimum atomic E-state index is -0.200. The second-order valence-electron chi connectivity index (χ2n) is 9.67. The first kappa shape index (κ1) is 25.5. The molecular weight excluding hydrogens is 440 g/mol. The van der Waals surface area contributed by atoms with Gasteiger partial charge in [-0.1, -0.05) is 24.4 Å². The van der Waals surface area contributed by atoms with Gasteiger partial charge in [0, 0.05) is 75.8 Å². The monoisotopic (exact) mass is 476 g/mol. The van der Waals surface area contributed by atoms with E-state index in [-0.39, 0.29) is 36.6 Å². The van der Waals surface area contributed by atoms with Gasteiger partial charge in [0.1, 0.15) is 0 Å². The average molecular weight is 477 g/mol. The maximum atomic E-state index is 12.9. The van der Waals surface area contributed by atoms with Crippen molar-refractivity contribution in [2.24, 2.45) is 5.92 Å². The smallest absolute Gasteiger partial charge is 0.226 e. The zero-order chi connectivity index (χ0) is 24.1. The summed E-state index contributed by atoms with van der Waals surface area (Å²) in [5, 5.41) is 3.49. The van der Waals surface area contributed by atoms with Crippen LogP contribution in [-0.2, 0) is 20.9 Å². The van der Waals surface area contributed by atoms with E-state index in [0.29, 0.717) is 23.2 Å². The zero-order valence-electron chi connectivity index (χ0n) is 20.3. The number of carbonyl (C=O) groups excluding carboxylic acids is 3. The molecule has 3 rings (SSSR count). The molecule has 0 aromatic heterocycles. The summed E-state index contributed by atoms with van der Waals surface area (Å²) >= 11 is 6.37. The Hall–Kier alpha value is -2.12. The number of hydrogen-bond donors (Lipinski definition) is 1. The minimum absolute atomic E-state index is 0.0756. The van der Waals surface area contributed by atoms with Crippen LogP contribution in [0.4, 0.5) is 5.69 Å². The van der Waals surface area contributed by atoms with Gasteiger partial charge in [-0.15, -0.1) is 0 Å². The van der Waals surface area contributed by atoms with Crippen LogP contribution in [0.25, 0.3) is 0 Å². The quantitative estimate of drug-likeness (QED) is 0.651. The summed E-state index contributed by atoms with van der Waals surface area (Å²) in [7, 11) is 3.36. The number of amides is 3. The molecular formula is C25H37ClN4O3. The third kappa shape index (κ3) is 6.70. The SMILES string of the molecule is Cc1c(CN2CCN(C(=O)C3CCCC3)C(C)C2)cc(Cl)cc1NC(=O)CCC(=O)N(C)C. The van der Waals surface area contributed by atoms with Crippen molar-refractivity contribution >= 4 is 35.0 Å². The number of hydrogen-bond acceptors (Lipinski definition) is 4. The van der Waals surface area contributed by atoms with Crippen molar-refractivity contribution in [1.29, 1.82) is 0 Å². The maximum absolute atomic E-state index is 12.9. The van der Waals surface area contributed by atoms with Crippen LogP contribution in [0.5, 0.6) is 0 Å². The third-order valence-electron chi connectivity index (χ3n) is 6.91. The molecule has 1 unspecified atom stereocenters. The fourth-order valence-electron chi connectivity index (χ4n) is 4.84. The molecule has 0 spiro atoms. The molecule has 8 heteroatoms. The fraction of sp³-hybridized carbons (Fsp3) is 0.640. The van der Waals surface area contributed by atoms with E-state index >= 15 is 0 Å². The summed E-state index contributed by atoms with van der Waals surface area (Å²) in [5.74, 6) is 0.271. The van der Waals surface area contributed by atoms with Crippen molar-refractivity contribution in [2.75, 3.05) is 39.0 Å². The molecule has 2 fully saturated rings. The fourth-order valence-corrected chi connectivity index (χ4v) is 5.08. The molecule has 1 aromatic rings. The van der Waals surface area contributed by atoms with Gasteiger partial charge in [-0.2, -0.15) is 0 Å². The predicted molar refractivity (Wildman–Crippen MR) is 131 cm³/mol. The molecule has 1 heterocycles. The van der Waals surface area contributed by atoms with Crippen molar-refractivity contribution in [3.05, 3.63) is 28.3 Å². The molecule has 182 valence electrons. The number of rotatable bonds is 7. The highest BCUT2D eigenvalue weighted by molar-refractivity contribution is 6.31. The Morgan fingerprint density at radius 1 is 1.12 bits per heavy atom. The van der Waals surface area contributed by atoms with Crippen LogP contribution in [0.15, 0.2) is 12.1 Å². The minimum Gasteiger partial charge on any atom is -0.349 e. The lowest BCUT2D eigenvalue weighted by Gasteiger charge is -2.41. The van der Waals surface area contributed by atoms with Gasteiger partial charge in [0.15, 0.2) is 0 Å². The Balaban J connectivity index is 1.60. The Kier molecular flexibility index (Phi) is 8.76. The van der Waals surface area contributed by atoms with Crippen molar-refractivity contribution in [3.63, 3.8) is 0 Å². The van der Waals surface area contributed by atoms with Gasteiger partial charge < -0.3 is 15.1 Å². The summed E-state index contributed by atoms with van der Waals surface area (Å²) < 4.78 is 0. The largest absolute Gasteiger partial charge is 0.349 e. The van der Waals surface area contributed by atoms with Gasteiger partial charge >= 0.3 is 0 Å². The van der Waals surface area contributed by atoms with E-state index in [1.807, 2.05) is 13.0 Å². The third-order valence-corrected chi connectivity index (χ3v) is 7.13. The van der Waals surface area contributed by atoms with Gasteiger partial charge in [0.25, 0.3) is 0 Å². The Morgan fingerprint density at radius 2 is 1.82 bits per heavy atom. The van der Waals surface area contributed by atoms with Crippen LogP contribution in [0.1, 0.15) is 56.6 Å². The first-order chi connectivity index (χ1) is 15.7. The molecule has 0 bridgehead atoms. The van der Waals surface area contributed by atoms with Crippen molar-refractivity contribution in [1.82, 2.24) is 14.7 Å². The highest BCUT2D eigenvalue weighted by Crippen LogP contribution is 2.29. The highest BCUT2D eigenvalue weighted by Gasteiger charge is 2.33. The van der Waals surface area contributed by atoms with Gasteiger partial charge in [-0.3, -0.25) is 19.3 Å². The summed E-state index contributed by atoms with van der Waals surface area (Å²) in [6.07, 6.45) is 4.71. The first-order valence-electron chi connectivity index (χ1n) is 12.0. The number of carbonyl (C=O) groups is 3. The standard InChI is InChI=1S/C25H37ClN4O3/c1-17-15-29(11-12-30(17)25(33)19-7-5-6-8-19)16-20-13-21(26)14-22(18(20)2)27-23(31)9-10-24(32)28(3)4/h13-14,17,19H,5-12,15-16H2,1-4H3,(H,27,31). The topological polar surface area (TPSA) is 73.0 Å². The van der Waals surface area contributed by atoms with Crippen LogP contribution < -0.4 is 5.32 Å². The molecule has 1 N–H and O–H groups in total. The molecule has 1 saturated heterocycles. The summed E-state index contributed by atoms with van der Waals surface area (Å²) in [5.41, 5.74) is 2.72. The molecule has 3 amide bonds. The van der Waals surface area contributed by atoms with E-state index in [0.717, 1.165) is 43.6 Å². The first-order valence-corrected chi connectivity index (χ1v) is 12.4. The second-order valence-corrected chi connectivity index (χ2v) is 10.1. The summed E-state index contributed by atoms with van der Waals surface area (Å²) in [6, 6.07) is 3.88.